The number of thioether (sulfide) groups is 1. The number of aliphatic carboxylic acids is 1. The number of nitrogens with one attached hydrogen (secondary N) is 1. The average Bonchev–Trinajstić information content (AvgIpc) is 2.46. The normalized spacial score (nSPS) is 12.4. The van der Waals surface area contributed by atoms with Crippen LogP contribution >= 0.6 is 11.8 Å². The molecular weight excluding hydrogens is 326 g/mol. The van der Waals surface area contributed by atoms with Crippen molar-refractivity contribution in [1.82, 2.24) is 10.2 Å². The van der Waals surface area contributed by atoms with Crippen LogP contribution in [0.15, 0.2) is 29.2 Å². The number of alkyl halides is 2. The van der Waals surface area contributed by atoms with Crippen molar-refractivity contribution in [3.05, 3.63) is 29.8 Å². The van der Waals surface area contributed by atoms with E-state index in [1.807, 2.05) is 0 Å². The van der Waals surface area contributed by atoms with E-state index >= 15 is 0 Å². The zero-order valence-corrected chi connectivity index (χ0v) is 13.8. The monoisotopic (exact) mass is 346 g/mol. The lowest BCUT2D eigenvalue weighted by atomic mass is 10.2. The van der Waals surface area contributed by atoms with Gasteiger partial charge in [-0.25, -0.2) is 0 Å². The summed E-state index contributed by atoms with van der Waals surface area (Å²) >= 11 is 0.466. The van der Waals surface area contributed by atoms with Gasteiger partial charge in [-0.05, 0) is 24.6 Å². The van der Waals surface area contributed by atoms with Crippen molar-refractivity contribution < 1.29 is 23.5 Å². The molecule has 1 atom stereocenters. The largest absolute Gasteiger partial charge is 0.480 e. The van der Waals surface area contributed by atoms with Gasteiger partial charge in [0.15, 0.2) is 0 Å². The first-order valence-corrected chi connectivity index (χ1v) is 7.92. The number of carbonyl (C=O) groups excluding carboxylic acids is 1. The topological polar surface area (TPSA) is 69.6 Å². The zero-order valence-electron chi connectivity index (χ0n) is 13.0. The number of halogens is 2. The van der Waals surface area contributed by atoms with Crippen molar-refractivity contribution in [1.29, 1.82) is 0 Å². The number of amides is 1. The van der Waals surface area contributed by atoms with Gasteiger partial charge in [0, 0.05) is 31.5 Å². The van der Waals surface area contributed by atoms with Crippen molar-refractivity contribution in [2.45, 2.75) is 37.1 Å². The molecule has 0 spiro atoms. The average molecular weight is 346 g/mol. The van der Waals surface area contributed by atoms with E-state index in [0.29, 0.717) is 36.3 Å². The Morgan fingerprint density at radius 1 is 1.30 bits per heavy atom. The van der Waals surface area contributed by atoms with Crippen molar-refractivity contribution in [2.24, 2.45) is 0 Å². The highest BCUT2D eigenvalue weighted by molar-refractivity contribution is 7.99. The van der Waals surface area contributed by atoms with Crippen LogP contribution in [0, 0.1) is 0 Å². The Kier molecular flexibility index (Phi) is 7.97. The lowest BCUT2D eigenvalue weighted by molar-refractivity contribution is -0.142. The summed E-state index contributed by atoms with van der Waals surface area (Å²) in [4.78, 5) is 24.3. The van der Waals surface area contributed by atoms with Gasteiger partial charge in [-0.2, -0.15) is 8.78 Å². The molecule has 0 bridgehead atoms. The highest BCUT2D eigenvalue weighted by Crippen LogP contribution is 2.25. The molecule has 1 unspecified atom stereocenters. The van der Waals surface area contributed by atoms with Crippen LogP contribution in [0.5, 0.6) is 0 Å². The molecule has 5 nitrogen and oxygen atoms in total. The molecule has 8 heteroatoms. The third-order valence-electron chi connectivity index (χ3n) is 3.21. The molecular formula is C15H20F2N2O3S. The number of carboxylic acid groups (broad SMARTS) is 1. The fourth-order valence-corrected chi connectivity index (χ4v) is 2.45. The van der Waals surface area contributed by atoms with Crippen molar-refractivity contribution >= 4 is 23.6 Å². The summed E-state index contributed by atoms with van der Waals surface area (Å²) in [7, 11) is 0. The molecule has 0 aromatic heterocycles. The minimum Gasteiger partial charge on any atom is -0.480 e. The Hall–Kier alpha value is -1.67. The smallest absolute Gasteiger partial charge is 0.320 e. The van der Waals surface area contributed by atoms with Gasteiger partial charge in [0.05, 0.1) is 0 Å². The fourth-order valence-electron chi connectivity index (χ4n) is 1.95. The number of hydrogen-bond acceptors (Lipinski definition) is 4. The molecule has 0 fully saturated rings. The predicted molar refractivity (Wildman–Crippen MR) is 84.5 cm³/mol. The van der Waals surface area contributed by atoms with Crippen molar-refractivity contribution in [3.8, 4) is 0 Å². The van der Waals surface area contributed by atoms with Gasteiger partial charge in [0.1, 0.15) is 6.04 Å². The maximum Gasteiger partial charge on any atom is 0.320 e. The van der Waals surface area contributed by atoms with Gasteiger partial charge in [-0.15, -0.1) is 0 Å². The summed E-state index contributed by atoms with van der Waals surface area (Å²) < 4.78 is 24.6. The molecule has 128 valence electrons. The second kappa shape index (κ2) is 9.46. The maximum absolute atomic E-state index is 12.3. The molecule has 1 aromatic carbocycles. The van der Waals surface area contributed by atoms with E-state index in [9.17, 15) is 18.4 Å². The van der Waals surface area contributed by atoms with Crippen LogP contribution in [0.3, 0.4) is 0 Å². The molecule has 0 aliphatic heterocycles. The Labute approximate surface area is 138 Å². The van der Waals surface area contributed by atoms with Crippen LogP contribution in [-0.2, 0) is 16.1 Å². The van der Waals surface area contributed by atoms with Gasteiger partial charge < -0.3 is 10.4 Å². The summed E-state index contributed by atoms with van der Waals surface area (Å²) in [6.07, 6.45) is 0. The standard InChI is InChI=1S/C15H20F2N2O3S/c1-10(14(21)22)19(8-7-18-11(2)20)9-12-3-5-13(6-4-12)23-15(16)17/h3-6,10,15H,7-9H2,1-2H3,(H,18,20)(H,21,22). The van der Waals surface area contributed by atoms with E-state index in [1.165, 1.54) is 6.92 Å². The maximum atomic E-state index is 12.3. The first kappa shape index (κ1) is 19.4. The number of benzene rings is 1. The summed E-state index contributed by atoms with van der Waals surface area (Å²) in [5, 5.41) is 11.8. The fraction of sp³-hybridized carbons (Fsp3) is 0.467. The van der Waals surface area contributed by atoms with Crippen LogP contribution in [0.4, 0.5) is 8.78 Å². The highest BCUT2D eigenvalue weighted by atomic mass is 32.2. The van der Waals surface area contributed by atoms with Crippen LogP contribution in [-0.4, -0.2) is 46.8 Å². The van der Waals surface area contributed by atoms with Crippen LogP contribution < -0.4 is 5.32 Å². The van der Waals surface area contributed by atoms with Gasteiger partial charge in [-0.3, -0.25) is 14.5 Å². The molecule has 0 saturated heterocycles. The molecule has 0 aliphatic rings. The molecule has 1 aromatic rings. The molecule has 0 aliphatic carbocycles. The van der Waals surface area contributed by atoms with E-state index < -0.39 is 17.8 Å². The van der Waals surface area contributed by atoms with E-state index in [-0.39, 0.29) is 5.91 Å². The predicted octanol–water partition coefficient (Wildman–Crippen LogP) is 2.41. The third-order valence-corrected chi connectivity index (χ3v) is 3.93. The summed E-state index contributed by atoms with van der Waals surface area (Å²) in [5.41, 5.74) is 0.819. The third kappa shape index (κ3) is 7.43. The Balaban J connectivity index is 2.71. The summed E-state index contributed by atoms with van der Waals surface area (Å²) in [6.45, 7) is 4.03. The molecule has 0 heterocycles. The van der Waals surface area contributed by atoms with Gasteiger partial charge >= 0.3 is 5.97 Å². The molecule has 2 N–H and O–H groups in total. The van der Waals surface area contributed by atoms with Crippen LogP contribution in [0.1, 0.15) is 19.4 Å². The Bertz CT molecular complexity index is 526. The van der Waals surface area contributed by atoms with Gasteiger partial charge in [0.25, 0.3) is 5.76 Å². The van der Waals surface area contributed by atoms with Crippen LogP contribution in [0.25, 0.3) is 0 Å². The molecule has 0 radical (unpaired) electrons. The SMILES string of the molecule is CC(=O)NCCN(Cc1ccc(SC(F)F)cc1)C(C)C(=O)O. The molecule has 23 heavy (non-hydrogen) atoms. The van der Waals surface area contributed by atoms with E-state index in [1.54, 1.807) is 36.1 Å². The van der Waals surface area contributed by atoms with E-state index in [2.05, 4.69) is 5.32 Å². The number of carboxylic acids is 1. The lowest BCUT2D eigenvalue weighted by Crippen LogP contribution is -2.42. The lowest BCUT2D eigenvalue weighted by Gasteiger charge is -2.26. The number of carbonyl (C=O) groups is 2. The summed E-state index contributed by atoms with van der Waals surface area (Å²) in [5.74, 6) is -3.61. The zero-order chi connectivity index (χ0) is 17.4. The van der Waals surface area contributed by atoms with Crippen molar-refractivity contribution in [3.63, 3.8) is 0 Å². The van der Waals surface area contributed by atoms with Gasteiger partial charge in [-0.1, -0.05) is 23.9 Å². The molecule has 1 amide bonds. The Morgan fingerprint density at radius 2 is 1.91 bits per heavy atom. The molecule has 0 saturated carbocycles. The second-order valence-electron chi connectivity index (χ2n) is 4.99. The molecule has 1 rings (SSSR count). The first-order valence-electron chi connectivity index (χ1n) is 7.04. The van der Waals surface area contributed by atoms with Crippen molar-refractivity contribution in [2.75, 3.05) is 13.1 Å². The quantitative estimate of drug-likeness (QED) is 0.672. The Morgan fingerprint density at radius 3 is 2.39 bits per heavy atom. The number of hydrogen-bond donors (Lipinski definition) is 2. The van der Waals surface area contributed by atoms with E-state index in [4.69, 9.17) is 5.11 Å². The van der Waals surface area contributed by atoms with Crippen LogP contribution in [0.2, 0.25) is 0 Å². The minimum atomic E-state index is -2.47. The van der Waals surface area contributed by atoms with Gasteiger partial charge in [0.2, 0.25) is 5.91 Å². The minimum absolute atomic E-state index is 0.179. The highest BCUT2D eigenvalue weighted by Gasteiger charge is 2.20. The number of rotatable bonds is 9. The number of nitrogens with zero attached hydrogens (tertiary/aromatic N) is 1. The second-order valence-corrected chi connectivity index (χ2v) is 6.05. The summed E-state index contributed by atoms with van der Waals surface area (Å²) in [6, 6.07) is 5.85. The first-order chi connectivity index (χ1) is 10.8. The van der Waals surface area contributed by atoms with E-state index in [0.717, 1.165) is 5.56 Å².